The average Bonchev–Trinajstić information content (AvgIpc) is 2.95. The van der Waals surface area contributed by atoms with Gasteiger partial charge < -0.3 is 0 Å². The van der Waals surface area contributed by atoms with Crippen molar-refractivity contribution >= 4 is 14.1 Å². The highest BCUT2D eigenvalue weighted by Gasteiger charge is 2.61. The van der Waals surface area contributed by atoms with Crippen molar-refractivity contribution < 1.29 is 0 Å². The fourth-order valence-corrected chi connectivity index (χ4v) is 10.4. The predicted octanol–water partition coefficient (Wildman–Crippen LogP) is 3.73. The first-order chi connectivity index (χ1) is 7.40. The Hall–Kier alpha value is 0.272. The molecule has 0 aromatic rings. The Balaban J connectivity index is 1.69. The van der Waals surface area contributed by atoms with Crippen LogP contribution in [-0.2, 0) is 0 Å². The molecular formula is C14H21Al. The van der Waals surface area contributed by atoms with E-state index in [9.17, 15) is 0 Å². The molecule has 2 bridgehead atoms. The smallest absolute Gasteiger partial charge is 0.0965 e. The van der Waals surface area contributed by atoms with Gasteiger partial charge in [0.2, 0.25) is 0 Å². The van der Waals surface area contributed by atoms with Gasteiger partial charge in [-0.1, -0.05) is 40.8 Å². The van der Waals surface area contributed by atoms with Gasteiger partial charge in [-0.15, -0.1) is 0 Å². The van der Waals surface area contributed by atoms with Gasteiger partial charge in [-0.2, -0.15) is 0 Å². The van der Waals surface area contributed by atoms with Crippen molar-refractivity contribution in [3.8, 4) is 0 Å². The minimum atomic E-state index is -0.301. The molecule has 1 heteroatoms. The largest absolute Gasteiger partial charge is 0.266 e. The molecule has 0 nitrogen and oxygen atoms in total. The molecular weight excluding hydrogens is 195 g/mol. The normalized spacial score (nSPS) is 55.1. The molecule has 15 heavy (non-hydrogen) atoms. The van der Waals surface area contributed by atoms with Crippen LogP contribution < -0.4 is 0 Å². The molecule has 0 aromatic heterocycles. The van der Waals surface area contributed by atoms with E-state index >= 15 is 0 Å². The molecule has 4 rings (SSSR count). The number of allylic oxidation sites excluding steroid dienone is 2. The third-order valence-corrected chi connectivity index (χ3v) is 10.5. The van der Waals surface area contributed by atoms with Gasteiger partial charge in [-0.05, 0) is 42.4 Å². The second-order valence-electron chi connectivity index (χ2n) is 6.46. The predicted molar refractivity (Wildman–Crippen MR) is 65.2 cm³/mol. The Kier molecular flexibility index (Phi) is 1.95. The second kappa shape index (κ2) is 3.15. The van der Waals surface area contributed by atoms with E-state index in [1.54, 1.807) is 23.4 Å². The van der Waals surface area contributed by atoms with Gasteiger partial charge in [-0.3, -0.25) is 0 Å². The van der Waals surface area contributed by atoms with E-state index < -0.39 is 0 Å². The third kappa shape index (κ3) is 1.05. The molecule has 6 atom stereocenters. The van der Waals surface area contributed by atoms with Crippen LogP contribution in [0.3, 0.4) is 0 Å². The quantitative estimate of drug-likeness (QED) is 0.463. The number of hydrogen-bond acceptors (Lipinski definition) is 0. The van der Waals surface area contributed by atoms with E-state index in [0.29, 0.717) is 0 Å². The van der Waals surface area contributed by atoms with E-state index in [1.165, 1.54) is 29.0 Å². The molecule has 0 spiro atoms. The molecule has 2 saturated carbocycles. The van der Waals surface area contributed by atoms with Crippen LogP contribution in [0.4, 0.5) is 0 Å². The van der Waals surface area contributed by atoms with Crippen molar-refractivity contribution in [2.45, 2.75) is 41.5 Å². The Morgan fingerprint density at radius 1 is 1.20 bits per heavy atom. The lowest BCUT2D eigenvalue weighted by molar-refractivity contribution is 0.210. The first kappa shape index (κ1) is 9.32. The topological polar surface area (TPSA) is 0 Å². The Morgan fingerprint density at radius 3 is 3.00 bits per heavy atom. The summed E-state index contributed by atoms with van der Waals surface area (Å²) in [6.45, 7) is 2.48. The van der Waals surface area contributed by atoms with Crippen LogP contribution in [0, 0.1) is 29.6 Å². The minimum Gasteiger partial charge on any atom is -0.0965 e. The monoisotopic (exact) mass is 216 g/mol. The summed E-state index contributed by atoms with van der Waals surface area (Å²) in [5.74, 6) is 5.72. The average molecular weight is 216 g/mol. The van der Waals surface area contributed by atoms with E-state index in [0.717, 1.165) is 11.8 Å². The molecule has 0 N–H and O–H groups in total. The van der Waals surface area contributed by atoms with Crippen molar-refractivity contribution in [2.24, 2.45) is 29.6 Å². The summed E-state index contributed by atoms with van der Waals surface area (Å²) in [6.07, 6.45) is 9.81. The van der Waals surface area contributed by atoms with Gasteiger partial charge >= 0.3 is 0 Å². The van der Waals surface area contributed by atoms with E-state index in [1.807, 2.05) is 0 Å². The minimum absolute atomic E-state index is 0.301. The Morgan fingerprint density at radius 2 is 2.13 bits per heavy atom. The standard InChI is InChI=1S/C12H16.C2H5.Al/c1-2-8-6-9-7-12(8)11-5-3-4-10(9)11;1-2;/h3-4,6,8-12H,1-2,5,7H2;1H2,2H3;/t8-,9-,10+,11+,12-;;/m0../s1. The van der Waals surface area contributed by atoms with E-state index in [4.69, 9.17) is 0 Å². The highest BCUT2D eigenvalue weighted by Crippen LogP contribution is 2.68. The van der Waals surface area contributed by atoms with Crippen LogP contribution in [0.1, 0.15) is 26.2 Å². The van der Waals surface area contributed by atoms with Crippen LogP contribution in [0.2, 0.25) is 15.3 Å². The SMILES string of the molecule is C[CH2][Al]1[CH2]C[C@@H]2[C@@H]3C[C@@H]([C@H]4C=CC[C@H]43)[C@@H]21. The summed E-state index contributed by atoms with van der Waals surface area (Å²) < 4.78 is 1.28. The zero-order valence-electron chi connectivity index (χ0n) is 9.73. The number of rotatable bonds is 1. The Labute approximate surface area is 97.5 Å². The van der Waals surface area contributed by atoms with Crippen LogP contribution in [0.5, 0.6) is 0 Å². The molecule has 3 fully saturated rings. The summed E-state index contributed by atoms with van der Waals surface area (Å²) in [5, 5.41) is 3.29. The lowest BCUT2D eigenvalue weighted by Crippen LogP contribution is -2.31. The first-order valence-electron chi connectivity index (χ1n) is 7.06. The highest BCUT2D eigenvalue weighted by molar-refractivity contribution is 6.61. The van der Waals surface area contributed by atoms with Crippen LogP contribution in [0.15, 0.2) is 12.2 Å². The fraction of sp³-hybridized carbons (Fsp3) is 0.857. The summed E-state index contributed by atoms with van der Waals surface area (Å²) >= 11 is -0.301. The van der Waals surface area contributed by atoms with E-state index in [-0.39, 0.29) is 14.1 Å². The van der Waals surface area contributed by atoms with Crippen molar-refractivity contribution in [1.29, 1.82) is 0 Å². The first-order valence-corrected chi connectivity index (χ1v) is 9.36. The van der Waals surface area contributed by atoms with Crippen LogP contribution >= 0.6 is 0 Å². The summed E-state index contributed by atoms with van der Waals surface area (Å²) in [7, 11) is 0. The molecule has 0 radical (unpaired) electrons. The van der Waals surface area contributed by atoms with E-state index in [2.05, 4.69) is 19.1 Å². The van der Waals surface area contributed by atoms with Gasteiger partial charge in [0.1, 0.15) is 0 Å². The zero-order valence-corrected chi connectivity index (χ0v) is 10.9. The van der Waals surface area contributed by atoms with Crippen LogP contribution in [0.25, 0.3) is 0 Å². The molecule has 0 amide bonds. The fourth-order valence-electron chi connectivity index (χ4n) is 5.95. The van der Waals surface area contributed by atoms with Crippen LogP contribution in [-0.4, -0.2) is 14.1 Å². The summed E-state index contributed by atoms with van der Waals surface area (Å²) in [5.41, 5.74) is 0. The van der Waals surface area contributed by atoms with Gasteiger partial charge in [0.05, 0.1) is 0 Å². The molecule has 80 valence electrons. The maximum absolute atomic E-state index is 2.60. The summed E-state index contributed by atoms with van der Waals surface area (Å²) in [4.78, 5) is 0. The zero-order chi connectivity index (χ0) is 9.99. The van der Waals surface area contributed by atoms with Crippen molar-refractivity contribution in [3.05, 3.63) is 12.2 Å². The highest BCUT2D eigenvalue weighted by atomic mass is 27.2. The Bertz CT molecular complexity index is 308. The maximum Gasteiger partial charge on any atom is 0.266 e. The number of fused-ring (bicyclic) bond motifs is 8. The molecule has 4 aliphatic rings. The molecule has 3 aliphatic carbocycles. The molecule has 0 unspecified atom stereocenters. The maximum atomic E-state index is 2.60. The van der Waals surface area contributed by atoms with Crippen molar-refractivity contribution in [1.82, 2.24) is 0 Å². The van der Waals surface area contributed by atoms with Crippen molar-refractivity contribution in [2.75, 3.05) is 0 Å². The molecule has 1 saturated heterocycles. The molecule has 1 heterocycles. The third-order valence-electron chi connectivity index (χ3n) is 6.33. The van der Waals surface area contributed by atoms with Gasteiger partial charge in [0.25, 0.3) is 14.1 Å². The molecule has 1 aliphatic heterocycles. The van der Waals surface area contributed by atoms with Gasteiger partial charge in [0, 0.05) is 0 Å². The van der Waals surface area contributed by atoms with Gasteiger partial charge in [-0.25, -0.2) is 0 Å². The van der Waals surface area contributed by atoms with Gasteiger partial charge in [0.15, 0.2) is 0 Å². The second-order valence-corrected chi connectivity index (χ2v) is 10.1. The molecule has 0 aromatic carbocycles. The lowest BCUT2D eigenvalue weighted by Gasteiger charge is -2.36. The lowest BCUT2D eigenvalue weighted by atomic mass is 9.74. The summed E-state index contributed by atoms with van der Waals surface area (Å²) in [6, 6.07) is 0. The van der Waals surface area contributed by atoms with Crippen molar-refractivity contribution in [3.63, 3.8) is 0 Å². The number of hydrogen-bond donors (Lipinski definition) is 0.